The van der Waals surface area contributed by atoms with E-state index in [2.05, 4.69) is 0 Å². The van der Waals surface area contributed by atoms with Gasteiger partial charge in [-0.05, 0) is 23.6 Å². The molecule has 0 aliphatic heterocycles. The fraction of sp³-hybridized carbons (Fsp3) is 0.364. The van der Waals surface area contributed by atoms with Gasteiger partial charge in [0.25, 0.3) is 0 Å². The molecule has 0 aromatic heterocycles. The van der Waals surface area contributed by atoms with E-state index in [-0.39, 0.29) is 11.7 Å². The molecular formula is C11H13FO2. The van der Waals surface area contributed by atoms with Gasteiger partial charge in [0, 0.05) is 0 Å². The van der Waals surface area contributed by atoms with Crippen molar-refractivity contribution in [1.29, 1.82) is 0 Å². The van der Waals surface area contributed by atoms with Crippen LogP contribution in [0.5, 0.6) is 0 Å². The van der Waals surface area contributed by atoms with Crippen LogP contribution in [0.4, 0.5) is 4.39 Å². The van der Waals surface area contributed by atoms with Gasteiger partial charge < -0.3 is 5.11 Å². The number of hydrogen-bond donors (Lipinski definition) is 1. The second-order valence-electron chi connectivity index (χ2n) is 3.61. The lowest BCUT2D eigenvalue weighted by Gasteiger charge is -2.16. The van der Waals surface area contributed by atoms with Crippen LogP contribution in [0, 0.1) is 11.7 Å². The van der Waals surface area contributed by atoms with Crippen molar-refractivity contribution in [2.45, 2.75) is 19.8 Å². The predicted octanol–water partition coefficient (Wildman–Crippen LogP) is 2.65. The minimum atomic E-state index is -0.869. The molecular weight excluding hydrogens is 183 g/mol. The van der Waals surface area contributed by atoms with Crippen LogP contribution < -0.4 is 0 Å². The minimum absolute atomic E-state index is 0.00189. The highest BCUT2D eigenvalue weighted by Crippen LogP contribution is 2.24. The molecule has 0 aliphatic carbocycles. The van der Waals surface area contributed by atoms with E-state index in [1.54, 1.807) is 0 Å². The SMILES string of the molecule is CC(C)C(C(=O)O)c1ccc(F)cc1. The molecule has 3 heteroatoms. The Labute approximate surface area is 82.4 Å². The quantitative estimate of drug-likeness (QED) is 0.806. The van der Waals surface area contributed by atoms with E-state index in [4.69, 9.17) is 5.11 Å². The normalized spacial score (nSPS) is 12.9. The Hall–Kier alpha value is -1.38. The van der Waals surface area contributed by atoms with Gasteiger partial charge in [0.15, 0.2) is 0 Å². The molecule has 1 aromatic carbocycles. The number of carboxylic acid groups (broad SMARTS) is 1. The molecule has 1 rings (SSSR count). The molecule has 0 heterocycles. The van der Waals surface area contributed by atoms with Crippen molar-refractivity contribution >= 4 is 5.97 Å². The molecule has 0 bridgehead atoms. The van der Waals surface area contributed by atoms with Gasteiger partial charge in [0.1, 0.15) is 5.82 Å². The Kier molecular flexibility index (Phi) is 3.23. The maximum Gasteiger partial charge on any atom is 0.311 e. The van der Waals surface area contributed by atoms with Crippen molar-refractivity contribution in [3.63, 3.8) is 0 Å². The third-order valence-corrected chi connectivity index (χ3v) is 2.16. The van der Waals surface area contributed by atoms with Gasteiger partial charge in [-0.25, -0.2) is 4.39 Å². The summed E-state index contributed by atoms with van der Waals surface area (Å²) in [5.41, 5.74) is 0.647. The highest BCUT2D eigenvalue weighted by molar-refractivity contribution is 5.76. The Morgan fingerprint density at radius 3 is 2.14 bits per heavy atom. The molecule has 0 aliphatic rings. The highest BCUT2D eigenvalue weighted by Gasteiger charge is 2.23. The highest BCUT2D eigenvalue weighted by atomic mass is 19.1. The zero-order valence-corrected chi connectivity index (χ0v) is 8.20. The first-order chi connectivity index (χ1) is 6.52. The number of carboxylic acids is 1. The van der Waals surface area contributed by atoms with Crippen LogP contribution >= 0.6 is 0 Å². The van der Waals surface area contributed by atoms with Crippen LogP contribution in [0.15, 0.2) is 24.3 Å². The molecule has 2 nitrogen and oxygen atoms in total. The number of halogens is 1. The topological polar surface area (TPSA) is 37.3 Å². The molecule has 1 unspecified atom stereocenters. The zero-order valence-electron chi connectivity index (χ0n) is 8.20. The number of rotatable bonds is 3. The molecule has 1 aromatic rings. The van der Waals surface area contributed by atoms with Crippen molar-refractivity contribution in [3.8, 4) is 0 Å². The maximum absolute atomic E-state index is 12.6. The molecule has 1 N–H and O–H groups in total. The lowest BCUT2D eigenvalue weighted by Crippen LogP contribution is -2.17. The van der Waals surface area contributed by atoms with E-state index in [1.807, 2.05) is 13.8 Å². The summed E-state index contributed by atoms with van der Waals surface area (Å²) in [5, 5.41) is 8.97. The third kappa shape index (κ3) is 2.31. The molecule has 14 heavy (non-hydrogen) atoms. The average Bonchev–Trinajstić information content (AvgIpc) is 2.07. The number of hydrogen-bond acceptors (Lipinski definition) is 1. The monoisotopic (exact) mass is 196 g/mol. The van der Waals surface area contributed by atoms with Crippen LogP contribution in [0.25, 0.3) is 0 Å². The molecule has 0 radical (unpaired) electrons. The van der Waals surface area contributed by atoms with Crippen molar-refractivity contribution in [1.82, 2.24) is 0 Å². The van der Waals surface area contributed by atoms with Gasteiger partial charge in [-0.2, -0.15) is 0 Å². The molecule has 76 valence electrons. The van der Waals surface area contributed by atoms with Crippen LogP contribution in [-0.2, 0) is 4.79 Å². The summed E-state index contributed by atoms with van der Waals surface area (Å²) in [6, 6.07) is 5.61. The fourth-order valence-electron chi connectivity index (χ4n) is 1.48. The van der Waals surface area contributed by atoms with Gasteiger partial charge in [-0.3, -0.25) is 4.79 Å². The number of benzene rings is 1. The predicted molar refractivity (Wildman–Crippen MR) is 51.6 cm³/mol. The second-order valence-corrected chi connectivity index (χ2v) is 3.61. The van der Waals surface area contributed by atoms with Crippen molar-refractivity contribution in [2.75, 3.05) is 0 Å². The van der Waals surface area contributed by atoms with Crippen molar-refractivity contribution < 1.29 is 14.3 Å². The summed E-state index contributed by atoms with van der Waals surface area (Å²) < 4.78 is 12.6. The third-order valence-electron chi connectivity index (χ3n) is 2.16. The first-order valence-corrected chi connectivity index (χ1v) is 4.50. The number of carbonyl (C=O) groups is 1. The molecule has 0 fully saturated rings. The van der Waals surface area contributed by atoms with E-state index in [9.17, 15) is 9.18 Å². The van der Waals surface area contributed by atoms with Crippen molar-refractivity contribution in [3.05, 3.63) is 35.6 Å². The molecule has 0 spiro atoms. The second kappa shape index (κ2) is 4.22. The number of aliphatic carboxylic acids is 1. The Balaban J connectivity index is 3.00. The maximum atomic E-state index is 12.6. The van der Waals surface area contributed by atoms with Crippen LogP contribution in [0.2, 0.25) is 0 Å². The van der Waals surface area contributed by atoms with Gasteiger partial charge in [-0.1, -0.05) is 26.0 Å². The molecule has 1 atom stereocenters. The van der Waals surface area contributed by atoms with E-state index in [1.165, 1.54) is 24.3 Å². The van der Waals surface area contributed by atoms with Crippen LogP contribution in [-0.4, -0.2) is 11.1 Å². The van der Waals surface area contributed by atoms with E-state index >= 15 is 0 Å². The summed E-state index contributed by atoms with van der Waals surface area (Å²) in [6.07, 6.45) is 0. The summed E-state index contributed by atoms with van der Waals surface area (Å²) in [4.78, 5) is 10.9. The fourth-order valence-corrected chi connectivity index (χ4v) is 1.48. The Morgan fingerprint density at radius 1 is 1.29 bits per heavy atom. The molecule has 0 saturated carbocycles. The molecule has 0 amide bonds. The minimum Gasteiger partial charge on any atom is -0.481 e. The van der Waals surface area contributed by atoms with Gasteiger partial charge in [0.05, 0.1) is 5.92 Å². The van der Waals surface area contributed by atoms with E-state index in [0.717, 1.165) is 0 Å². The first-order valence-electron chi connectivity index (χ1n) is 4.50. The van der Waals surface area contributed by atoms with Gasteiger partial charge >= 0.3 is 5.97 Å². The molecule has 0 saturated heterocycles. The van der Waals surface area contributed by atoms with E-state index in [0.29, 0.717) is 5.56 Å². The summed E-state index contributed by atoms with van der Waals surface area (Å²) in [6.45, 7) is 3.67. The van der Waals surface area contributed by atoms with Gasteiger partial charge in [-0.15, -0.1) is 0 Å². The summed E-state index contributed by atoms with van der Waals surface area (Å²) in [7, 11) is 0. The van der Waals surface area contributed by atoms with Gasteiger partial charge in [0.2, 0.25) is 0 Å². The summed E-state index contributed by atoms with van der Waals surface area (Å²) >= 11 is 0. The lowest BCUT2D eigenvalue weighted by atomic mass is 9.89. The standard InChI is InChI=1S/C11H13FO2/c1-7(2)10(11(13)14)8-3-5-9(12)6-4-8/h3-7,10H,1-2H3,(H,13,14). The van der Waals surface area contributed by atoms with E-state index < -0.39 is 11.9 Å². The lowest BCUT2D eigenvalue weighted by molar-refractivity contribution is -0.139. The van der Waals surface area contributed by atoms with Crippen LogP contribution in [0.1, 0.15) is 25.3 Å². The first kappa shape index (κ1) is 10.7. The van der Waals surface area contributed by atoms with Crippen molar-refractivity contribution in [2.24, 2.45) is 5.92 Å². The smallest absolute Gasteiger partial charge is 0.311 e. The largest absolute Gasteiger partial charge is 0.481 e. The Bertz CT molecular complexity index is 317. The Morgan fingerprint density at radius 2 is 1.79 bits per heavy atom. The summed E-state index contributed by atoms with van der Waals surface area (Å²) in [5.74, 6) is -1.78. The average molecular weight is 196 g/mol. The zero-order chi connectivity index (χ0) is 10.7. The van der Waals surface area contributed by atoms with Crippen LogP contribution in [0.3, 0.4) is 0 Å².